The molecule has 0 spiro atoms. The first-order valence-electron chi connectivity index (χ1n) is 8.02. The van der Waals surface area contributed by atoms with Gasteiger partial charge in [-0.15, -0.1) is 0 Å². The summed E-state index contributed by atoms with van der Waals surface area (Å²) in [4.78, 5) is 12.6. The number of nitrogens with one attached hydrogen (secondary N) is 2. The molecule has 1 unspecified atom stereocenters. The van der Waals surface area contributed by atoms with E-state index < -0.39 is 0 Å². The van der Waals surface area contributed by atoms with E-state index in [9.17, 15) is 4.79 Å². The van der Waals surface area contributed by atoms with Crippen LogP contribution in [0.15, 0.2) is 42.5 Å². The first-order chi connectivity index (χ1) is 10.8. The second-order valence-electron chi connectivity index (χ2n) is 6.20. The van der Waals surface area contributed by atoms with E-state index in [2.05, 4.69) is 41.0 Å². The predicted octanol–water partition coefficient (Wildman–Crippen LogP) is 3.10. The Bertz CT molecular complexity index is 723. The molecule has 1 amide bonds. The van der Waals surface area contributed by atoms with Crippen molar-refractivity contribution < 1.29 is 4.79 Å². The summed E-state index contributed by atoms with van der Waals surface area (Å²) in [5.41, 5.74) is 5.98. The second kappa shape index (κ2) is 5.58. The van der Waals surface area contributed by atoms with Gasteiger partial charge in [-0.05, 0) is 53.6 Å². The maximum atomic E-state index is 12.6. The molecule has 0 fully saturated rings. The fourth-order valence-electron chi connectivity index (χ4n) is 3.58. The minimum Gasteiger partial charge on any atom is -0.345 e. The summed E-state index contributed by atoms with van der Waals surface area (Å²) in [5.74, 6) is 0.0383. The number of hydrogen-bond donors (Lipinski definition) is 2. The summed E-state index contributed by atoms with van der Waals surface area (Å²) < 4.78 is 0. The lowest BCUT2D eigenvalue weighted by Crippen LogP contribution is -2.31. The van der Waals surface area contributed by atoms with E-state index in [0.29, 0.717) is 0 Å². The molecule has 2 aliphatic rings. The van der Waals surface area contributed by atoms with Crippen LogP contribution in [0.3, 0.4) is 0 Å². The third-order valence-electron chi connectivity index (χ3n) is 4.77. The number of carbonyl (C=O) groups is 1. The van der Waals surface area contributed by atoms with Crippen LogP contribution in [-0.4, -0.2) is 5.91 Å². The number of fused-ring (bicyclic) bond motifs is 2. The quantitative estimate of drug-likeness (QED) is 0.893. The van der Waals surface area contributed by atoms with Gasteiger partial charge in [-0.25, -0.2) is 0 Å². The molecule has 4 rings (SSSR count). The smallest absolute Gasteiger partial charge is 0.251 e. The molecule has 2 N–H and O–H groups in total. The highest BCUT2D eigenvalue weighted by atomic mass is 16.1. The second-order valence-corrected chi connectivity index (χ2v) is 6.20. The number of aryl methyl sites for hydroxylation is 1. The minimum atomic E-state index is 0.0383. The first-order valence-corrected chi connectivity index (χ1v) is 8.02. The lowest BCUT2D eigenvalue weighted by molar-refractivity contribution is 0.0932. The first kappa shape index (κ1) is 13.5. The number of hydrogen-bond acceptors (Lipinski definition) is 2. The minimum absolute atomic E-state index is 0.0383. The van der Waals surface area contributed by atoms with Gasteiger partial charge in [0.25, 0.3) is 5.91 Å². The molecule has 0 aromatic heterocycles. The van der Waals surface area contributed by atoms with Crippen LogP contribution in [0.25, 0.3) is 0 Å². The Labute approximate surface area is 130 Å². The Morgan fingerprint density at radius 1 is 1.05 bits per heavy atom. The van der Waals surface area contributed by atoms with Crippen LogP contribution in [0.5, 0.6) is 0 Å². The lowest BCUT2D eigenvalue weighted by atomic mass is 9.87. The van der Waals surface area contributed by atoms with Crippen LogP contribution in [0.2, 0.25) is 0 Å². The van der Waals surface area contributed by atoms with Crippen molar-refractivity contribution in [3.05, 3.63) is 70.3 Å². The molecule has 1 atom stereocenters. The molecule has 3 nitrogen and oxygen atoms in total. The predicted molar refractivity (Wildman–Crippen MR) is 86.6 cm³/mol. The molecule has 3 heteroatoms. The zero-order chi connectivity index (χ0) is 14.9. The Kier molecular flexibility index (Phi) is 3.43. The van der Waals surface area contributed by atoms with E-state index in [1.165, 1.54) is 22.3 Å². The van der Waals surface area contributed by atoms with Gasteiger partial charge in [0.05, 0.1) is 6.04 Å². The van der Waals surface area contributed by atoms with Gasteiger partial charge in [0.15, 0.2) is 0 Å². The van der Waals surface area contributed by atoms with Gasteiger partial charge in [-0.1, -0.05) is 30.3 Å². The van der Waals surface area contributed by atoms with Gasteiger partial charge in [-0.3, -0.25) is 4.79 Å². The maximum Gasteiger partial charge on any atom is 0.251 e. The Hall–Kier alpha value is -2.13. The molecule has 0 saturated carbocycles. The molecule has 0 radical (unpaired) electrons. The Morgan fingerprint density at radius 3 is 2.86 bits per heavy atom. The van der Waals surface area contributed by atoms with Crippen molar-refractivity contribution in [2.75, 3.05) is 0 Å². The van der Waals surface area contributed by atoms with E-state index in [1.54, 1.807) is 0 Å². The summed E-state index contributed by atoms with van der Waals surface area (Å²) >= 11 is 0. The molecule has 22 heavy (non-hydrogen) atoms. The maximum absolute atomic E-state index is 12.6. The van der Waals surface area contributed by atoms with Crippen LogP contribution in [-0.2, 0) is 19.5 Å². The molecule has 1 heterocycles. The number of carbonyl (C=O) groups excluding carboxylic acids is 1. The van der Waals surface area contributed by atoms with Crippen molar-refractivity contribution in [1.82, 2.24) is 10.6 Å². The van der Waals surface area contributed by atoms with Crippen molar-refractivity contribution in [1.29, 1.82) is 0 Å². The molecule has 1 aliphatic carbocycles. The average Bonchev–Trinajstić information content (AvgIpc) is 3.02. The SMILES string of the molecule is O=C(NC1CCCc2ccccc21)c1ccc2c(c1)CNC2. The third-order valence-corrected chi connectivity index (χ3v) is 4.77. The van der Waals surface area contributed by atoms with Crippen molar-refractivity contribution >= 4 is 5.91 Å². The molecular weight excluding hydrogens is 272 g/mol. The van der Waals surface area contributed by atoms with Crippen molar-refractivity contribution in [2.45, 2.75) is 38.4 Å². The molecule has 0 saturated heterocycles. The molecule has 2 aromatic rings. The van der Waals surface area contributed by atoms with Crippen LogP contribution in [0.4, 0.5) is 0 Å². The van der Waals surface area contributed by atoms with Crippen LogP contribution < -0.4 is 10.6 Å². The van der Waals surface area contributed by atoms with Gasteiger partial charge in [-0.2, -0.15) is 0 Å². The van der Waals surface area contributed by atoms with E-state index in [1.807, 2.05) is 12.1 Å². The fraction of sp³-hybridized carbons (Fsp3) is 0.316. The van der Waals surface area contributed by atoms with Gasteiger partial charge < -0.3 is 10.6 Å². The highest BCUT2D eigenvalue weighted by Crippen LogP contribution is 2.29. The van der Waals surface area contributed by atoms with E-state index in [-0.39, 0.29) is 11.9 Å². The van der Waals surface area contributed by atoms with Crippen molar-refractivity contribution in [3.8, 4) is 0 Å². The standard InChI is InChI=1S/C19H20N2O/c22-19(14-8-9-15-11-20-12-16(15)10-14)21-18-7-3-5-13-4-1-2-6-17(13)18/h1-2,4,6,8-10,18,20H,3,5,7,11-12H2,(H,21,22). The normalized spacial score (nSPS) is 19.4. The zero-order valence-electron chi connectivity index (χ0n) is 12.6. The summed E-state index contributed by atoms with van der Waals surface area (Å²) in [6.07, 6.45) is 3.28. The molecule has 1 aliphatic heterocycles. The number of amides is 1. The van der Waals surface area contributed by atoms with Crippen molar-refractivity contribution in [3.63, 3.8) is 0 Å². The van der Waals surface area contributed by atoms with Crippen molar-refractivity contribution in [2.24, 2.45) is 0 Å². The zero-order valence-corrected chi connectivity index (χ0v) is 12.6. The Morgan fingerprint density at radius 2 is 1.91 bits per heavy atom. The highest BCUT2D eigenvalue weighted by Gasteiger charge is 2.22. The average molecular weight is 292 g/mol. The number of benzene rings is 2. The summed E-state index contributed by atoms with van der Waals surface area (Å²) in [6, 6.07) is 14.6. The van der Waals surface area contributed by atoms with Gasteiger partial charge in [0, 0.05) is 18.7 Å². The molecular formula is C19H20N2O. The number of rotatable bonds is 2. The molecule has 112 valence electrons. The van der Waals surface area contributed by atoms with Crippen LogP contribution >= 0.6 is 0 Å². The highest BCUT2D eigenvalue weighted by molar-refractivity contribution is 5.94. The fourth-order valence-corrected chi connectivity index (χ4v) is 3.58. The van der Waals surface area contributed by atoms with Gasteiger partial charge >= 0.3 is 0 Å². The summed E-state index contributed by atoms with van der Waals surface area (Å²) in [6.45, 7) is 1.77. The van der Waals surface area contributed by atoms with Crippen LogP contribution in [0, 0.1) is 0 Å². The van der Waals surface area contributed by atoms with E-state index in [0.717, 1.165) is 37.9 Å². The van der Waals surface area contributed by atoms with Gasteiger partial charge in [0.1, 0.15) is 0 Å². The topological polar surface area (TPSA) is 41.1 Å². The Balaban J connectivity index is 1.55. The van der Waals surface area contributed by atoms with E-state index >= 15 is 0 Å². The van der Waals surface area contributed by atoms with Crippen LogP contribution in [0.1, 0.15) is 51.5 Å². The van der Waals surface area contributed by atoms with Gasteiger partial charge in [0.2, 0.25) is 0 Å². The monoisotopic (exact) mass is 292 g/mol. The molecule has 0 bridgehead atoms. The molecule has 2 aromatic carbocycles. The summed E-state index contributed by atoms with van der Waals surface area (Å²) in [7, 11) is 0. The largest absolute Gasteiger partial charge is 0.345 e. The lowest BCUT2D eigenvalue weighted by Gasteiger charge is -2.26. The van der Waals surface area contributed by atoms with E-state index in [4.69, 9.17) is 0 Å². The summed E-state index contributed by atoms with van der Waals surface area (Å²) in [5, 5.41) is 6.54. The third kappa shape index (κ3) is 2.42.